The quantitative estimate of drug-likeness (QED) is 0.0175. The van der Waals surface area contributed by atoms with Gasteiger partial charge in [-0.1, -0.05) is 13.8 Å². The lowest BCUT2D eigenvalue weighted by Crippen LogP contribution is -2.61. The van der Waals surface area contributed by atoms with Gasteiger partial charge >= 0.3 is 11.9 Å². The Morgan fingerprint density at radius 1 is 0.574 bits per heavy atom. The molecular weight excluding hydrogens is 808 g/mol. The van der Waals surface area contributed by atoms with Crippen LogP contribution in [0.1, 0.15) is 78.6 Å². The van der Waals surface area contributed by atoms with Crippen LogP contribution in [0.15, 0.2) is 9.98 Å². The average molecular weight is 875 g/mol. The van der Waals surface area contributed by atoms with Gasteiger partial charge in [0.05, 0.1) is 25.2 Å². The second-order valence-corrected chi connectivity index (χ2v) is 14.6. The van der Waals surface area contributed by atoms with Gasteiger partial charge in [0.15, 0.2) is 11.9 Å². The number of nitrogens with zero attached hydrogens (tertiary/aromatic N) is 2. The summed E-state index contributed by atoms with van der Waals surface area (Å²) in [6.07, 6.45) is -1.54. The fourth-order valence-electron chi connectivity index (χ4n) is 5.47. The van der Waals surface area contributed by atoms with Gasteiger partial charge in [-0.15, -0.1) is 0 Å². The third-order valence-corrected chi connectivity index (χ3v) is 8.67. The highest BCUT2D eigenvalue weighted by Crippen LogP contribution is 2.10. The van der Waals surface area contributed by atoms with Crippen LogP contribution in [0, 0.1) is 5.92 Å². The first-order valence-corrected chi connectivity index (χ1v) is 19.7. The summed E-state index contributed by atoms with van der Waals surface area (Å²) in [5.74, 6) is -9.64. The number of nitrogens with two attached hydrogens (primary N) is 6. The van der Waals surface area contributed by atoms with E-state index in [2.05, 4.69) is 41.9 Å². The third-order valence-electron chi connectivity index (χ3n) is 8.67. The van der Waals surface area contributed by atoms with Crippen LogP contribution < -0.4 is 66.3 Å². The largest absolute Gasteiger partial charge is 0.481 e. The monoisotopic (exact) mass is 874 g/mol. The number of aliphatic carboxylic acids is 2. The first kappa shape index (κ1) is 55.1. The Hall–Kier alpha value is -5.86. The lowest BCUT2D eigenvalue weighted by atomic mass is 10.0. The summed E-state index contributed by atoms with van der Waals surface area (Å²) in [5, 5.41) is 53.4. The highest BCUT2D eigenvalue weighted by atomic mass is 16.4. The van der Waals surface area contributed by atoms with Crippen LogP contribution in [0.2, 0.25) is 0 Å². The fourth-order valence-corrected chi connectivity index (χ4v) is 5.47. The van der Waals surface area contributed by atoms with E-state index in [1.54, 1.807) is 13.8 Å². The number of nitrogens with one attached hydrogen (secondary N) is 6. The summed E-state index contributed by atoms with van der Waals surface area (Å²) in [5.41, 5.74) is 32.6. The highest BCUT2D eigenvalue weighted by Gasteiger charge is 2.35. The number of aliphatic hydroxyl groups is 2. The zero-order chi connectivity index (χ0) is 46.8. The van der Waals surface area contributed by atoms with Crippen LogP contribution >= 0.6 is 0 Å². The van der Waals surface area contributed by atoms with E-state index in [1.807, 2.05) is 0 Å². The van der Waals surface area contributed by atoms with E-state index in [9.17, 15) is 58.8 Å². The lowest BCUT2D eigenvalue weighted by Gasteiger charge is -2.28. The van der Waals surface area contributed by atoms with Gasteiger partial charge in [-0.3, -0.25) is 43.5 Å². The number of carboxylic acid groups (broad SMARTS) is 2. The molecule has 0 spiro atoms. The summed E-state index contributed by atoms with van der Waals surface area (Å²) in [4.78, 5) is 111. The van der Waals surface area contributed by atoms with Gasteiger partial charge in [0, 0.05) is 13.1 Å². The predicted molar refractivity (Wildman–Crippen MR) is 220 cm³/mol. The van der Waals surface area contributed by atoms with Crippen molar-refractivity contribution in [3.05, 3.63) is 0 Å². The third kappa shape index (κ3) is 23.5. The molecule has 0 aromatic rings. The zero-order valence-corrected chi connectivity index (χ0v) is 34.8. The van der Waals surface area contributed by atoms with Crippen molar-refractivity contribution in [3.63, 3.8) is 0 Å². The molecule has 0 saturated heterocycles. The van der Waals surface area contributed by atoms with Crippen LogP contribution in [0.3, 0.4) is 0 Å². The first-order chi connectivity index (χ1) is 28.5. The molecule has 0 aromatic heterocycles. The van der Waals surface area contributed by atoms with Crippen molar-refractivity contribution in [3.8, 4) is 0 Å². The number of hydrogen-bond donors (Lipinski definition) is 16. The highest BCUT2D eigenvalue weighted by molar-refractivity contribution is 5.98. The summed E-state index contributed by atoms with van der Waals surface area (Å²) < 4.78 is 0. The smallest absolute Gasteiger partial charge is 0.326 e. The van der Waals surface area contributed by atoms with Gasteiger partial charge in [-0.2, -0.15) is 0 Å². The standard InChI is InChI=1S/C35H66N14O12/c1-17(2)14-22(30(57)49-26(18(3)51)32(59)45-21(33(60)61)10-7-13-43-35(40)41)46-28(55)20(9-4-5-11-36)44-29(56)23(15-25(52)53)47-31(58)24(16-50)48-27(54)19(37)8-6-12-42-34(38)39/h17-24,26,50-51H,4-16,36-37H2,1-3H3,(H,44,56)(H,45,59)(H,46,55)(H,47,58)(H,48,54)(H,49,57)(H,52,53)(H,60,61)(H4,38,39,42)(H4,40,41,43)/t18-,19+,20+,21+,22+,23+,24+,26+/m1/s1. The molecule has 0 aromatic carbocycles. The first-order valence-electron chi connectivity index (χ1n) is 19.7. The Morgan fingerprint density at radius 2 is 1.03 bits per heavy atom. The molecule has 0 aliphatic carbocycles. The maximum Gasteiger partial charge on any atom is 0.326 e. The van der Waals surface area contributed by atoms with Gasteiger partial charge in [0.2, 0.25) is 35.4 Å². The minimum absolute atomic E-state index is 0.0242. The molecule has 8 atom stereocenters. The van der Waals surface area contributed by atoms with Crippen molar-refractivity contribution >= 4 is 59.3 Å². The van der Waals surface area contributed by atoms with Gasteiger partial charge in [-0.25, -0.2) is 4.79 Å². The molecule has 26 nitrogen and oxygen atoms in total. The zero-order valence-electron chi connectivity index (χ0n) is 34.8. The summed E-state index contributed by atoms with van der Waals surface area (Å²) in [6.45, 7) is 4.08. The Kier molecular flexibility index (Phi) is 26.6. The topological polar surface area (TPSA) is 470 Å². The van der Waals surface area contributed by atoms with E-state index < -0.39 is 109 Å². The molecule has 0 unspecified atom stereocenters. The van der Waals surface area contributed by atoms with E-state index >= 15 is 0 Å². The minimum atomic E-state index is -1.84. The molecule has 0 fully saturated rings. The number of rotatable bonds is 31. The molecule has 22 N–H and O–H groups in total. The number of aliphatic hydroxyl groups excluding tert-OH is 2. The predicted octanol–water partition coefficient (Wildman–Crippen LogP) is -6.56. The summed E-state index contributed by atoms with van der Waals surface area (Å²) in [7, 11) is 0. The summed E-state index contributed by atoms with van der Waals surface area (Å²) >= 11 is 0. The molecule has 0 radical (unpaired) electrons. The van der Waals surface area contributed by atoms with Crippen molar-refractivity contribution in [2.45, 2.75) is 127 Å². The molecule has 0 saturated carbocycles. The molecule has 0 aliphatic rings. The van der Waals surface area contributed by atoms with E-state index in [-0.39, 0.29) is 76.0 Å². The Morgan fingerprint density at radius 3 is 1.52 bits per heavy atom. The second-order valence-electron chi connectivity index (χ2n) is 14.6. The van der Waals surface area contributed by atoms with Crippen LogP contribution in [-0.2, 0) is 38.4 Å². The Bertz CT molecular complexity index is 1520. The molecular formula is C35H66N14O12. The number of guanidine groups is 2. The lowest BCUT2D eigenvalue weighted by molar-refractivity contribution is -0.143. The average Bonchev–Trinajstić information content (AvgIpc) is 3.16. The van der Waals surface area contributed by atoms with Crippen molar-refractivity contribution < 1.29 is 58.8 Å². The fraction of sp³-hybridized carbons (Fsp3) is 0.714. The van der Waals surface area contributed by atoms with E-state index in [4.69, 9.17) is 34.4 Å². The van der Waals surface area contributed by atoms with Crippen LogP contribution in [0.4, 0.5) is 0 Å². The number of unbranched alkanes of at least 4 members (excludes halogenated alkanes) is 1. The number of carboxylic acids is 2. The van der Waals surface area contributed by atoms with Crippen LogP contribution in [-0.4, -0.2) is 154 Å². The Labute approximate surface area is 353 Å². The molecule has 0 aliphatic heterocycles. The number of carbonyl (C=O) groups excluding carboxylic acids is 6. The van der Waals surface area contributed by atoms with Crippen molar-refractivity contribution in [1.29, 1.82) is 0 Å². The SMILES string of the molecule is CC(C)C[C@H](NC(=O)[C@H](CCCCN)NC(=O)[C@H](CC(=O)O)NC(=O)[C@H](CO)NC(=O)[C@@H](N)CCCN=C(N)N)C(=O)N[C@H](C(=O)N[C@@H](CCCN=C(N)N)C(=O)O)[C@@H](C)O. The molecule has 6 amide bonds. The van der Waals surface area contributed by atoms with Crippen LogP contribution in [0.5, 0.6) is 0 Å². The number of aliphatic imine (C=N–C) groups is 2. The van der Waals surface area contributed by atoms with E-state index in [0.717, 1.165) is 0 Å². The summed E-state index contributed by atoms with van der Waals surface area (Å²) in [6, 6.07) is -10.6. The number of carbonyl (C=O) groups is 8. The Balaban J connectivity index is 6.17. The molecule has 0 bridgehead atoms. The number of hydrogen-bond acceptors (Lipinski definition) is 14. The molecule has 26 heteroatoms. The van der Waals surface area contributed by atoms with Gasteiger partial charge in [0.25, 0.3) is 0 Å². The van der Waals surface area contributed by atoms with Crippen molar-refractivity contribution in [1.82, 2.24) is 31.9 Å². The van der Waals surface area contributed by atoms with Crippen LogP contribution in [0.25, 0.3) is 0 Å². The normalized spacial score (nSPS) is 14.9. The maximum atomic E-state index is 13.8. The minimum Gasteiger partial charge on any atom is -0.481 e. The molecule has 348 valence electrons. The van der Waals surface area contributed by atoms with E-state index in [0.29, 0.717) is 12.8 Å². The molecule has 0 rings (SSSR count). The van der Waals surface area contributed by atoms with E-state index in [1.165, 1.54) is 6.92 Å². The van der Waals surface area contributed by atoms with Gasteiger partial charge in [-0.05, 0) is 70.8 Å². The molecule has 0 heterocycles. The number of amides is 6. The van der Waals surface area contributed by atoms with Gasteiger partial charge in [0.1, 0.15) is 36.3 Å². The van der Waals surface area contributed by atoms with Gasteiger partial charge < -0.3 is 86.7 Å². The van der Waals surface area contributed by atoms with Crippen molar-refractivity contribution in [2.24, 2.45) is 50.3 Å². The molecule has 61 heavy (non-hydrogen) atoms. The maximum absolute atomic E-state index is 13.8. The van der Waals surface area contributed by atoms with Crippen molar-refractivity contribution in [2.75, 3.05) is 26.2 Å². The second kappa shape index (κ2) is 29.4.